The predicted molar refractivity (Wildman–Crippen MR) is 95.7 cm³/mol. The van der Waals surface area contributed by atoms with Crippen molar-refractivity contribution in [2.45, 2.75) is 32.7 Å². The van der Waals surface area contributed by atoms with Gasteiger partial charge in [-0.2, -0.15) is 9.50 Å². The van der Waals surface area contributed by atoms with Crippen molar-refractivity contribution in [3.63, 3.8) is 0 Å². The number of hydrogen-bond acceptors (Lipinski definition) is 5. The molecular formula is C17H19N5O2S. The van der Waals surface area contributed by atoms with Gasteiger partial charge in [0.25, 0.3) is 5.56 Å². The number of amides is 1. The topological polar surface area (TPSA) is 72.5 Å². The molecule has 0 unspecified atom stereocenters. The Morgan fingerprint density at radius 2 is 2.08 bits per heavy atom. The van der Waals surface area contributed by atoms with Gasteiger partial charge in [0.05, 0.1) is 4.88 Å². The van der Waals surface area contributed by atoms with Crippen LogP contribution in [0.4, 0.5) is 0 Å². The Hall–Kier alpha value is -2.48. The normalized spacial score (nSPS) is 15.0. The summed E-state index contributed by atoms with van der Waals surface area (Å²) in [4.78, 5) is 32.3. The first kappa shape index (κ1) is 16.0. The Kier molecular flexibility index (Phi) is 4.12. The summed E-state index contributed by atoms with van der Waals surface area (Å²) in [6.45, 7) is 3.62. The quantitative estimate of drug-likeness (QED) is 0.718. The molecule has 4 heterocycles. The molecule has 4 rings (SSSR count). The molecule has 8 heteroatoms. The fourth-order valence-electron chi connectivity index (χ4n) is 3.19. The lowest BCUT2D eigenvalue weighted by Crippen LogP contribution is -2.38. The van der Waals surface area contributed by atoms with Crippen molar-refractivity contribution in [3.8, 4) is 10.7 Å². The zero-order chi connectivity index (χ0) is 17.4. The Morgan fingerprint density at radius 3 is 2.80 bits per heavy atom. The third-order valence-electron chi connectivity index (χ3n) is 4.54. The van der Waals surface area contributed by atoms with Crippen LogP contribution in [0.1, 0.15) is 25.0 Å². The molecule has 1 aliphatic heterocycles. The summed E-state index contributed by atoms with van der Waals surface area (Å²) in [7, 11) is 0. The highest BCUT2D eigenvalue weighted by molar-refractivity contribution is 7.13. The second kappa shape index (κ2) is 6.44. The number of rotatable bonds is 3. The Morgan fingerprint density at radius 1 is 1.28 bits per heavy atom. The molecule has 1 fully saturated rings. The Labute approximate surface area is 148 Å². The van der Waals surface area contributed by atoms with E-state index >= 15 is 0 Å². The van der Waals surface area contributed by atoms with Crippen LogP contribution < -0.4 is 5.56 Å². The first-order chi connectivity index (χ1) is 12.1. The van der Waals surface area contributed by atoms with Crippen molar-refractivity contribution in [1.29, 1.82) is 0 Å². The van der Waals surface area contributed by atoms with E-state index in [0.29, 0.717) is 17.3 Å². The van der Waals surface area contributed by atoms with Gasteiger partial charge >= 0.3 is 0 Å². The summed E-state index contributed by atoms with van der Waals surface area (Å²) in [5.41, 5.74) is 0.484. The van der Waals surface area contributed by atoms with Crippen molar-refractivity contribution in [2.75, 3.05) is 13.1 Å². The molecular weight excluding hydrogens is 338 g/mol. The lowest BCUT2D eigenvalue weighted by Gasteiger charge is -2.27. The number of thiophene rings is 1. The predicted octanol–water partition coefficient (Wildman–Crippen LogP) is 1.94. The summed E-state index contributed by atoms with van der Waals surface area (Å²) < 4.78 is 3.06. The first-order valence-corrected chi connectivity index (χ1v) is 9.30. The van der Waals surface area contributed by atoms with Crippen LogP contribution in [0, 0.1) is 6.92 Å². The molecule has 130 valence electrons. The van der Waals surface area contributed by atoms with E-state index in [2.05, 4.69) is 10.1 Å². The zero-order valence-electron chi connectivity index (χ0n) is 14.0. The molecule has 0 bridgehead atoms. The summed E-state index contributed by atoms with van der Waals surface area (Å²) in [6.07, 6.45) is 3.29. The van der Waals surface area contributed by atoms with Gasteiger partial charge in [-0.1, -0.05) is 6.07 Å². The first-order valence-electron chi connectivity index (χ1n) is 8.42. The molecule has 0 radical (unpaired) electrons. The van der Waals surface area contributed by atoms with Crippen LogP contribution in [0.3, 0.4) is 0 Å². The number of aromatic nitrogens is 4. The molecule has 0 N–H and O–H groups in total. The maximum absolute atomic E-state index is 12.7. The van der Waals surface area contributed by atoms with Gasteiger partial charge in [0, 0.05) is 24.8 Å². The van der Waals surface area contributed by atoms with E-state index in [-0.39, 0.29) is 18.0 Å². The van der Waals surface area contributed by atoms with Crippen LogP contribution in [-0.2, 0) is 11.3 Å². The maximum Gasteiger partial charge on any atom is 0.275 e. The average molecular weight is 357 g/mol. The van der Waals surface area contributed by atoms with Gasteiger partial charge in [-0.15, -0.1) is 16.4 Å². The van der Waals surface area contributed by atoms with E-state index in [0.717, 1.165) is 30.8 Å². The van der Waals surface area contributed by atoms with E-state index in [1.807, 2.05) is 29.3 Å². The number of piperidine rings is 1. The van der Waals surface area contributed by atoms with Crippen LogP contribution in [0.2, 0.25) is 0 Å². The molecule has 0 saturated carbocycles. The standard InChI is InChI=1S/C17H19N5O2S/c1-12-10-14(23)22-17(18-16(19-22)13-6-5-9-25-13)21(12)11-15(24)20-7-3-2-4-8-20/h5-6,9-10H,2-4,7-8,11H2,1H3. The molecule has 7 nitrogen and oxygen atoms in total. The highest BCUT2D eigenvalue weighted by atomic mass is 32.1. The minimum atomic E-state index is -0.232. The number of likely N-dealkylation sites (tertiary alicyclic amines) is 1. The van der Waals surface area contributed by atoms with Crippen molar-refractivity contribution in [1.82, 2.24) is 24.1 Å². The molecule has 0 spiro atoms. The second-order valence-electron chi connectivity index (χ2n) is 6.28. The summed E-state index contributed by atoms with van der Waals surface area (Å²) in [6, 6.07) is 5.34. The van der Waals surface area contributed by atoms with E-state index < -0.39 is 0 Å². The summed E-state index contributed by atoms with van der Waals surface area (Å²) in [5.74, 6) is 0.990. The molecule has 0 aromatic carbocycles. The molecule has 25 heavy (non-hydrogen) atoms. The maximum atomic E-state index is 12.7. The Balaban J connectivity index is 1.74. The second-order valence-corrected chi connectivity index (χ2v) is 7.22. The number of hydrogen-bond donors (Lipinski definition) is 0. The van der Waals surface area contributed by atoms with Gasteiger partial charge in [0.2, 0.25) is 11.7 Å². The molecule has 0 atom stereocenters. The molecule has 3 aromatic rings. The summed E-state index contributed by atoms with van der Waals surface area (Å²) in [5, 5.41) is 6.28. The van der Waals surface area contributed by atoms with Crippen molar-refractivity contribution in [2.24, 2.45) is 0 Å². The third-order valence-corrected chi connectivity index (χ3v) is 5.41. The summed E-state index contributed by atoms with van der Waals surface area (Å²) >= 11 is 1.52. The minimum Gasteiger partial charge on any atom is -0.341 e. The minimum absolute atomic E-state index is 0.0639. The third kappa shape index (κ3) is 2.97. The van der Waals surface area contributed by atoms with E-state index in [9.17, 15) is 9.59 Å². The van der Waals surface area contributed by atoms with Crippen LogP contribution in [0.25, 0.3) is 16.5 Å². The fraction of sp³-hybridized carbons (Fsp3) is 0.412. The number of carbonyl (C=O) groups is 1. The van der Waals surface area contributed by atoms with E-state index in [4.69, 9.17) is 0 Å². The number of carbonyl (C=O) groups excluding carboxylic acids is 1. The SMILES string of the molecule is Cc1cc(=O)n2nc(-c3cccs3)nc2n1CC(=O)N1CCCCC1. The van der Waals surface area contributed by atoms with Gasteiger partial charge in [-0.3, -0.25) is 9.59 Å². The lowest BCUT2D eigenvalue weighted by atomic mass is 10.1. The van der Waals surface area contributed by atoms with Crippen molar-refractivity contribution < 1.29 is 4.79 Å². The van der Waals surface area contributed by atoms with Crippen molar-refractivity contribution in [3.05, 3.63) is 39.6 Å². The highest BCUT2D eigenvalue weighted by Gasteiger charge is 2.20. The van der Waals surface area contributed by atoms with E-state index in [1.165, 1.54) is 28.3 Å². The monoisotopic (exact) mass is 357 g/mol. The zero-order valence-corrected chi connectivity index (χ0v) is 14.8. The Bertz CT molecular complexity index is 967. The van der Waals surface area contributed by atoms with Crippen LogP contribution in [0.15, 0.2) is 28.4 Å². The van der Waals surface area contributed by atoms with Gasteiger partial charge < -0.3 is 9.47 Å². The average Bonchev–Trinajstić information content (AvgIpc) is 3.28. The van der Waals surface area contributed by atoms with Gasteiger partial charge in [0.15, 0.2) is 5.82 Å². The highest BCUT2D eigenvalue weighted by Crippen LogP contribution is 2.21. The van der Waals surface area contributed by atoms with Crippen LogP contribution >= 0.6 is 11.3 Å². The number of aryl methyl sites for hydroxylation is 1. The molecule has 0 aliphatic carbocycles. The van der Waals surface area contributed by atoms with Crippen LogP contribution in [0.5, 0.6) is 0 Å². The van der Waals surface area contributed by atoms with Gasteiger partial charge in [-0.25, -0.2) is 0 Å². The van der Waals surface area contributed by atoms with Gasteiger partial charge in [-0.05, 0) is 37.6 Å². The molecule has 1 saturated heterocycles. The lowest BCUT2D eigenvalue weighted by molar-refractivity contribution is -0.132. The smallest absolute Gasteiger partial charge is 0.275 e. The number of fused-ring (bicyclic) bond motifs is 1. The fourth-order valence-corrected chi connectivity index (χ4v) is 3.84. The molecule has 1 amide bonds. The van der Waals surface area contributed by atoms with Crippen LogP contribution in [-0.4, -0.2) is 43.1 Å². The van der Waals surface area contributed by atoms with E-state index in [1.54, 1.807) is 4.57 Å². The number of nitrogens with zero attached hydrogens (tertiary/aromatic N) is 5. The largest absolute Gasteiger partial charge is 0.341 e. The van der Waals surface area contributed by atoms with Gasteiger partial charge in [0.1, 0.15) is 6.54 Å². The molecule has 1 aliphatic rings. The molecule has 3 aromatic heterocycles. The van der Waals surface area contributed by atoms with Crippen molar-refractivity contribution >= 4 is 23.0 Å².